The van der Waals surface area contributed by atoms with Gasteiger partial charge in [0.15, 0.2) is 0 Å². The number of benzene rings is 1. The zero-order chi connectivity index (χ0) is 8.55. The van der Waals surface area contributed by atoms with E-state index in [0.717, 1.165) is 5.56 Å². The van der Waals surface area contributed by atoms with Crippen molar-refractivity contribution in [2.45, 2.75) is 19.4 Å². The molecule has 1 N–H and O–H groups in total. The van der Waals surface area contributed by atoms with Gasteiger partial charge in [-0.1, -0.05) is 24.3 Å². The van der Waals surface area contributed by atoms with Crippen LogP contribution < -0.4 is 5.32 Å². The van der Waals surface area contributed by atoms with Crippen LogP contribution in [0.2, 0.25) is 0 Å². The quantitative estimate of drug-likeness (QED) is 0.612. The topological polar surface area (TPSA) is 29.1 Å². The molecule has 62 valence electrons. The van der Waals surface area contributed by atoms with Crippen molar-refractivity contribution < 1.29 is 4.79 Å². The average Bonchev–Trinajstić information content (AvgIpc) is 2.04. The van der Waals surface area contributed by atoms with E-state index in [1.807, 2.05) is 25.1 Å². The highest BCUT2D eigenvalue weighted by Crippen LogP contribution is 2.21. The molecular weight excluding hydrogens is 150 g/mol. The van der Waals surface area contributed by atoms with Crippen LogP contribution in [-0.4, -0.2) is 5.91 Å². The maximum absolute atomic E-state index is 11.1. The third-order valence-corrected chi connectivity index (χ3v) is 2.25. The van der Waals surface area contributed by atoms with E-state index in [4.69, 9.17) is 0 Å². The minimum absolute atomic E-state index is 0.126. The number of carbonyl (C=O) groups excluding carboxylic acids is 1. The first kappa shape index (κ1) is 7.35. The fraction of sp³-hybridized carbons (Fsp3) is 0.300. The summed E-state index contributed by atoms with van der Waals surface area (Å²) in [5, 5.41) is 2.90. The van der Waals surface area contributed by atoms with Gasteiger partial charge in [-0.2, -0.15) is 0 Å². The third kappa shape index (κ3) is 1.09. The van der Waals surface area contributed by atoms with Crippen molar-refractivity contribution in [3.05, 3.63) is 35.4 Å². The zero-order valence-electron chi connectivity index (χ0n) is 7.00. The van der Waals surface area contributed by atoms with Gasteiger partial charge in [0.25, 0.3) is 0 Å². The minimum atomic E-state index is 0.126. The van der Waals surface area contributed by atoms with Crippen molar-refractivity contribution in [1.29, 1.82) is 0 Å². The van der Waals surface area contributed by atoms with Gasteiger partial charge in [0, 0.05) is 0 Å². The smallest absolute Gasteiger partial charge is 0.224 e. The zero-order valence-corrected chi connectivity index (χ0v) is 7.00. The average molecular weight is 161 g/mol. The Morgan fingerprint density at radius 3 is 3.00 bits per heavy atom. The fourth-order valence-corrected chi connectivity index (χ4v) is 1.66. The Hall–Kier alpha value is -1.31. The molecule has 1 aliphatic heterocycles. The van der Waals surface area contributed by atoms with Crippen LogP contribution in [0.5, 0.6) is 0 Å². The van der Waals surface area contributed by atoms with E-state index in [0.29, 0.717) is 6.42 Å². The summed E-state index contributed by atoms with van der Waals surface area (Å²) in [6, 6.07) is 8.24. The highest BCUT2D eigenvalue weighted by molar-refractivity contribution is 5.81. The number of hydrogen-bond acceptors (Lipinski definition) is 1. The molecule has 1 heterocycles. The van der Waals surface area contributed by atoms with E-state index in [1.165, 1.54) is 5.56 Å². The Morgan fingerprint density at radius 2 is 2.17 bits per heavy atom. The minimum Gasteiger partial charge on any atom is -0.349 e. The van der Waals surface area contributed by atoms with Crippen LogP contribution in [0.4, 0.5) is 0 Å². The third-order valence-electron chi connectivity index (χ3n) is 2.25. The van der Waals surface area contributed by atoms with Gasteiger partial charge in [0.2, 0.25) is 5.91 Å². The van der Waals surface area contributed by atoms with E-state index in [2.05, 4.69) is 11.4 Å². The molecule has 1 amide bonds. The standard InChI is InChI=1S/C10H11NO/c1-7-9-5-3-2-4-8(9)6-10(12)11-7/h2-5,7H,6H2,1H3,(H,11,12)/t7-/m0/s1. The Labute approximate surface area is 71.6 Å². The fourth-order valence-electron chi connectivity index (χ4n) is 1.66. The molecule has 0 bridgehead atoms. The molecule has 0 saturated heterocycles. The second kappa shape index (κ2) is 2.63. The predicted molar refractivity (Wildman–Crippen MR) is 46.7 cm³/mol. The Kier molecular flexibility index (Phi) is 1.61. The molecule has 0 fully saturated rings. The molecule has 1 atom stereocenters. The van der Waals surface area contributed by atoms with Crippen molar-refractivity contribution in [3.63, 3.8) is 0 Å². The van der Waals surface area contributed by atoms with E-state index in [-0.39, 0.29) is 11.9 Å². The Balaban J connectivity index is 2.47. The number of fused-ring (bicyclic) bond motifs is 1. The van der Waals surface area contributed by atoms with Gasteiger partial charge < -0.3 is 5.32 Å². The number of nitrogens with one attached hydrogen (secondary N) is 1. The molecule has 1 aliphatic rings. The van der Waals surface area contributed by atoms with E-state index >= 15 is 0 Å². The molecule has 2 rings (SSSR count). The molecule has 0 spiro atoms. The lowest BCUT2D eigenvalue weighted by molar-refractivity contribution is -0.121. The second-order valence-electron chi connectivity index (χ2n) is 3.16. The first-order valence-electron chi connectivity index (χ1n) is 4.14. The summed E-state index contributed by atoms with van der Waals surface area (Å²) in [5.74, 6) is 0.126. The first-order valence-corrected chi connectivity index (χ1v) is 4.14. The highest BCUT2D eigenvalue weighted by Gasteiger charge is 2.19. The summed E-state index contributed by atoms with van der Waals surface area (Å²) in [6.45, 7) is 2.01. The molecule has 0 aliphatic carbocycles. The van der Waals surface area contributed by atoms with Crippen LogP contribution in [0.15, 0.2) is 24.3 Å². The largest absolute Gasteiger partial charge is 0.349 e. The summed E-state index contributed by atoms with van der Waals surface area (Å²) in [5.41, 5.74) is 2.41. The summed E-state index contributed by atoms with van der Waals surface area (Å²) < 4.78 is 0. The van der Waals surface area contributed by atoms with Crippen LogP contribution in [0.3, 0.4) is 0 Å². The highest BCUT2D eigenvalue weighted by atomic mass is 16.1. The lowest BCUT2D eigenvalue weighted by Gasteiger charge is -2.22. The summed E-state index contributed by atoms with van der Waals surface area (Å²) in [6.07, 6.45) is 0.528. The van der Waals surface area contributed by atoms with Crippen LogP contribution in [0.25, 0.3) is 0 Å². The summed E-state index contributed by atoms with van der Waals surface area (Å²) in [7, 11) is 0. The van der Waals surface area contributed by atoms with Gasteiger partial charge >= 0.3 is 0 Å². The van der Waals surface area contributed by atoms with Gasteiger partial charge in [0.05, 0.1) is 12.5 Å². The lowest BCUT2D eigenvalue weighted by atomic mass is 9.95. The molecule has 0 radical (unpaired) electrons. The van der Waals surface area contributed by atoms with E-state index < -0.39 is 0 Å². The molecule has 0 aromatic heterocycles. The van der Waals surface area contributed by atoms with E-state index in [1.54, 1.807) is 0 Å². The number of hydrogen-bond donors (Lipinski definition) is 1. The molecule has 1 aromatic rings. The Bertz CT molecular complexity index is 319. The summed E-state index contributed by atoms with van der Waals surface area (Å²) >= 11 is 0. The van der Waals surface area contributed by atoms with Crippen LogP contribution in [0, 0.1) is 0 Å². The van der Waals surface area contributed by atoms with Gasteiger partial charge in [-0.25, -0.2) is 0 Å². The first-order chi connectivity index (χ1) is 5.77. The second-order valence-corrected chi connectivity index (χ2v) is 3.16. The van der Waals surface area contributed by atoms with Crippen LogP contribution >= 0.6 is 0 Å². The van der Waals surface area contributed by atoms with Gasteiger partial charge in [-0.05, 0) is 18.1 Å². The molecule has 1 aromatic carbocycles. The van der Waals surface area contributed by atoms with Crippen molar-refractivity contribution in [2.24, 2.45) is 0 Å². The number of rotatable bonds is 0. The van der Waals surface area contributed by atoms with Gasteiger partial charge in [0.1, 0.15) is 0 Å². The van der Waals surface area contributed by atoms with Gasteiger partial charge in [-0.15, -0.1) is 0 Å². The van der Waals surface area contributed by atoms with Crippen molar-refractivity contribution in [2.75, 3.05) is 0 Å². The molecule has 0 saturated carbocycles. The van der Waals surface area contributed by atoms with Gasteiger partial charge in [-0.3, -0.25) is 4.79 Å². The maximum atomic E-state index is 11.1. The Morgan fingerprint density at radius 1 is 1.42 bits per heavy atom. The molecule has 2 nitrogen and oxygen atoms in total. The monoisotopic (exact) mass is 161 g/mol. The maximum Gasteiger partial charge on any atom is 0.224 e. The van der Waals surface area contributed by atoms with Crippen molar-refractivity contribution in [1.82, 2.24) is 5.32 Å². The predicted octanol–water partition coefficient (Wildman–Crippen LogP) is 1.42. The number of amides is 1. The molecular formula is C10H11NO. The molecule has 0 unspecified atom stereocenters. The van der Waals surface area contributed by atoms with Crippen LogP contribution in [0.1, 0.15) is 24.1 Å². The normalized spacial score (nSPS) is 21.4. The lowest BCUT2D eigenvalue weighted by Crippen LogP contribution is -2.33. The summed E-state index contributed by atoms with van der Waals surface area (Å²) in [4.78, 5) is 11.1. The number of carbonyl (C=O) groups is 1. The van der Waals surface area contributed by atoms with Crippen LogP contribution in [-0.2, 0) is 11.2 Å². The van der Waals surface area contributed by atoms with E-state index in [9.17, 15) is 4.79 Å². The SMILES string of the molecule is C[C@@H]1NC(=O)Cc2ccccc21. The van der Waals surface area contributed by atoms with Crippen molar-refractivity contribution in [3.8, 4) is 0 Å². The van der Waals surface area contributed by atoms with Crippen molar-refractivity contribution >= 4 is 5.91 Å². The molecule has 12 heavy (non-hydrogen) atoms. The molecule has 2 heteroatoms.